The molecule has 1 aromatic heterocycles. The van der Waals surface area contributed by atoms with Crippen molar-refractivity contribution in [3.05, 3.63) is 65.5 Å². The third kappa shape index (κ3) is 3.09. The highest BCUT2D eigenvalue weighted by Gasteiger charge is 2.12. The third-order valence-electron chi connectivity index (χ3n) is 2.46. The zero-order valence-electron chi connectivity index (χ0n) is 8.91. The van der Waals surface area contributed by atoms with Crippen molar-refractivity contribution >= 4 is 15.9 Å². The average molecular weight is 298 g/mol. The van der Waals surface area contributed by atoms with E-state index >= 15 is 0 Å². The van der Waals surface area contributed by atoms with Crippen LogP contribution in [0, 0.1) is 11.6 Å². The highest BCUT2D eigenvalue weighted by atomic mass is 79.9. The Bertz CT molecular complexity index is 502. The predicted octanol–water partition coefficient (Wildman–Crippen LogP) is 4.04. The van der Waals surface area contributed by atoms with Crippen LogP contribution in [0.15, 0.2) is 42.7 Å². The lowest BCUT2D eigenvalue weighted by atomic mass is 10.1. The van der Waals surface area contributed by atoms with Crippen LogP contribution in [0.25, 0.3) is 0 Å². The number of halogens is 3. The molecule has 1 nitrogen and oxygen atoms in total. The summed E-state index contributed by atoms with van der Waals surface area (Å²) >= 11 is 3.47. The summed E-state index contributed by atoms with van der Waals surface area (Å²) in [5.41, 5.74) is 1.45. The van der Waals surface area contributed by atoms with Crippen molar-refractivity contribution in [3.63, 3.8) is 0 Å². The van der Waals surface area contributed by atoms with Crippen LogP contribution in [-0.4, -0.2) is 4.98 Å². The second-order valence-corrected chi connectivity index (χ2v) is 4.80. The van der Waals surface area contributed by atoms with Crippen molar-refractivity contribution in [1.82, 2.24) is 4.98 Å². The average Bonchev–Trinajstić information content (AvgIpc) is 2.34. The maximum Gasteiger partial charge on any atom is 0.129 e. The van der Waals surface area contributed by atoms with Crippen molar-refractivity contribution < 1.29 is 8.78 Å². The summed E-state index contributed by atoms with van der Waals surface area (Å²) in [5.74, 6) is -1.07. The van der Waals surface area contributed by atoms with Crippen molar-refractivity contribution in [1.29, 1.82) is 0 Å². The molecule has 1 aromatic carbocycles. The summed E-state index contributed by atoms with van der Waals surface area (Å²) in [4.78, 5) is 3.97. The van der Waals surface area contributed by atoms with E-state index in [1.807, 2.05) is 12.1 Å². The maximum atomic E-state index is 13.5. The van der Waals surface area contributed by atoms with Crippen LogP contribution in [0.2, 0.25) is 0 Å². The number of benzene rings is 1. The Hall–Kier alpha value is -1.29. The van der Waals surface area contributed by atoms with E-state index in [1.54, 1.807) is 12.4 Å². The molecule has 0 spiro atoms. The molecule has 4 heteroatoms. The van der Waals surface area contributed by atoms with E-state index in [1.165, 1.54) is 12.1 Å². The van der Waals surface area contributed by atoms with Crippen LogP contribution < -0.4 is 0 Å². The van der Waals surface area contributed by atoms with Crippen LogP contribution in [0.4, 0.5) is 8.78 Å². The second-order valence-electron chi connectivity index (χ2n) is 3.69. The number of aromatic nitrogens is 1. The molecular formula is C13H10BrF2N. The molecule has 0 saturated heterocycles. The molecule has 1 heterocycles. The van der Waals surface area contributed by atoms with E-state index in [9.17, 15) is 8.78 Å². The highest BCUT2D eigenvalue weighted by Crippen LogP contribution is 2.27. The molecule has 0 saturated carbocycles. The van der Waals surface area contributed by atoms with Gasteiger partial charge in [0.05, 0.1) is 0 Å². The number of rotatable bonds is 3. The summed E-state index contributed by atoms with van der Waals surface area (Å²) in [6, 6.07) is 7.37. The van der Waals surface area contributed by atoms with Gasteiger partial charge in [-0.1, -0.05) is 28.1 Å². The van der Waals surface area contributed by atoms with Crippen LogP contribution in [0.1, 0.15) is 16.0 Å². The Morgan fingerprint density at radius 3 is 2.71 bits per heavy atom. The van der Waals surface area contributed by atoms with Gasteiger partial charge in [-0.3, -0.25) is 4.98 Å². The van der Waals surface area contributed by atoms with Gasteiger partial charge in [0.25, 0.3) is 0 Å². The van der Waals surface area contributed by atoms with E-state index in [0.717, 1.165) is 11.6 Å². The van der Waals surface area contributed by atoms with E-state index < -0.39 is 11.6 Å². The summed E-state index contributed by atoms with van der Waals surface area (Å²) in [6.45, 7) is 0. The number of alkyl halides is 1. The number of hydrogen-bond donors (Lipinski definition) is 0. The molecule has 0 N–H and O–H groups in total. The number of hydrogen-bond acceptors (Lipinski definition) is 1. The molecule has 1 unspecified atom stereocenters. The summed E-state index contributed by atoms with van der Waals surface area (Å²) < 4.78 is 26.2. The van der Waals surface area contributed by atoms with Crippen molar-refractivity contribution in [2.24, 2.45) is 0 Å². The van der Waals surface area contributed by atoms with Gasteiger partial charge in [-0.15, -0.1) is 0 Å². The highest BCUT2D eigenvalue weighted by molar-refractivity contribution is 9.09. The van der Waals surface area contributed by atoms with Crippen molar-refractivity contribution in [2.45, 2.75) is 11.2 Å². The minimum absolute atomic E-state index is 0.0313. The minimum atomic E-state index is -0.557. The lowest BCUT2D eigenvalue weighted by Crippen LogP contribution is -1.99. The second kappa shape index (κ2) is 5.36. The van der Waals surface area contributed by atoms with Gasteiger partial charge in [-0.05, 0) is 29.7 Å². The van der Waals surface area contributed by atoms with E-state index in [0.29, 0.717) is 12.0 Å². The number of pyridine rings is 1. The minimum Gasteiger partial charge on any atom is -0.264 e. The van der Waals surface area contributed by atoms with Gasteiger partial charge >= 0.3 is 0 Å². The normalized spacial score (nSPS) is 12.4. The Morgan fingerprint density at radius 1 is 1.24 bits per heavy atom. The molecule has 0 aliphatic heterocycles. The molecule has 0 aliphatic rings. The summed E-state index contributed by atoms with van der Waals surface area (Å²) in [7, 11) is 0. The van der Waals surface area contributed by atoms with Gasteiger partial charge in [-0.2, -0.15) is 0 Å². The van der Waals surface area contributed by atoms with E-state index in [4.69, 9.17) is 0 Å². The fraction of sp³-hybridized carbons (Fsp3) is 0.154. The van der Waals surface area contributed by atoms with Crippen LogP contribution in [0.5, 0.6) is 0 Å². The zero-order chi connectivity index (χ0) is 12.3. The van der Waals surface area contributed by atoms with Crippen molar-refractivity contribution in [3.8, 4) is 0 Å². The smallest absolute Gasteiger partial charge is 0.129 e. The van der Waals surface area contributed by atoms with Gasteiger partial charge in [-0.25, -0.2) is 8.78 Å². The monoisotopic (exact) mass is 297 g/mol. The van der Waals surface area contributed by atoms with Gasteiger partial charge in [0.2, 0.25) is 0 Å². The Morgan fingerprint density at radius 2 is 2.06 bits per heavy atom. The van der Waals surface area contributed by atoms with E-state index in [-0.39, 0.29) is 4.83 Å². The molecule has 2 aromatic rings. The largest absolute Gasteiger partial charge is 0.264 e. The summed E-state index contributed by atoms with van der Waals surface area (Å²) in [6.07, 6.45) is 3.86. The molecule has 17 heavy (non-hydrogen) atoms. The quantitative estimate of drug-likeness (QED) is 0.779. The van der Waals surface area contributed by atoms with Crippen LogP contribution >= 0.6 is 15.9 Å². The Labute approximate surface area is 107 Å². The molecule has 0 aliphatic carbocycles. The molecule has 1 atom stereocenters. The predicted molar refractivity (Wildman–Crippen MR) is 66.0 cm³/mol. The first-order valence-electron chi connectivity index (χ1n) is 5.15. The van der Waals surface area contributed by atoms with Gasteiger partial charge < -0.3 is 0 Å². The van der Waals surface area contributed by atoms with Crippen LogP contribution in [0.3, 0.4) is 0 Å². The fourth-order valence-electron chi connectivity index (χ4n) is 1.56. The molecule has 88 valence electrons. The van der Waals surface area contributed by atoms with Crippen LogP contribution in [-0.2, 0) is 6.42 Å². The first kappa shape index (κ1) is 12.2. The van der Waals surface area contributed by atoms with Gasteiger partial charge in [0.15, 0.2) is 0 Å². The topological polar surface area (TPSA) is 12.9 Å². The third-order valence-corrected chi connectivity index (χ3v) is 3.31. The molecule has 0 radical (unpaired) electrons. The lowest BCUT2D eigenvalue weighted by Gasteiger charge is -2.10. The van der Waals surface area contributed by atoms with Gasteiger partial charge in [0, 0.05) is 23.3 Å². The lowest BCUT2D eigenvalue weighted by molar-refractivity contribution is 0.571. The van der Waals surface area contributed by atoms with Crippen molar-refractivity contribution in [2.75, 3.05) is 0 Å². The molecule has 2 rings (SSSR count). The standard InChI is InChI=1S/C13H10BrF2N/c14-12(10-2-1-5-17-8-10)6-9-3-4-11(15)7-13(9)16/h1-5,7-8,12H,6H2. The first-order chi connectivity index (χ1) is 8.16. The van der Waals surface area contributed by atoms with E-state index in [2.05, 4.69) is 20.9 Å². The summed E-state index contributed by atoms with van der Waals surface area (Å²) in [5, 5.41) is 0. The fourth-order valence-corrected chi connectivity index (χ4v) is 2.18. The molecule has 0 bridgehead atoms. The first-order valence-corrected chi connectivity index (χ1v) is 6.06. The molecule has 0 fully saturated rings. The zero-order valence-corrected chi connectivity index (χ0v) is 10.5. The Balaban J connectivity index is 2.16. The number of nitrogens with zero attached hydrogens (tertiary/aromatic N) is 1. The van der Waals surface area contributed by atoms with Gasteiger partial charge in [0.1, 0.15) is 11.6 Å². The Kier molecular flexibility index (Phi) is 3.84. The SMILES string of the molecule is Fc1ccc(CC(Br)c2cccnc2)c(F)c1. The molecule has 0 amide bonds. The maximum absolute atomic E-state index is 13.5. The molecular weight excluding hydrogens is 288 g/mol.